The fraction of sp³-hybridized carbons (Fsp3) is 0.526. The van der Waals surface area contributed by atoms with Crippen LogP contribution in [0.4, 0.5) is 0 Å². The minimum absolute atomic E-state index is 0.176. The number of esters is 1. The van der Waals surface area contributed by atoms with Gasteiger partial charge >= 0.3 is 5.97 Å². The molecule has 0 N–H and O–H groups in total. The van der Waals surface area contributed by atoms with Crippen molar-refractivity contribution in [1.82, 2.24) is 0 Å². The Hall–Kier alpha value is -1.69. The Kier molecular flexibility index (Phi) is 6.97. The van der Waals surface area contributed by atoms with Crippen LogP contribution in [-0.4, -0.2) is 45.3 Å². The van der Waals surface area contributed by atoms with Crippen molar-refractivity contribution in [2.24, 2.45) is 5.41 Å². The first-order chi connectivity index (χ1) is 11.6. The van der Waals surface area contributed by atoms with Gasteiger partial charge in [-0.2, -0.15) is 0 Å². The second kappa shape index (κ2) is 8.97. The van der Waals surface area contributed by atoms with E-state index >= 15 is 0 Å². The predicted molar refractivity (Wildman–Crippen MR) is 91.7 cm³/mol. The van der Waals surface area contributed by atoms with Crippen molar-refractivity contribution in [3.8, 4) is 0 Å². The summed E-state index contributed by atoms with van der Waals surface area (Å²) in [6.07, 6.45) is 2.15. The summed E-state index contributed by atoms with van der Waals surface area (Å²) in [6, 6.07) is 7.05. The third-order valence-corrected chi connectivity index (χ3v) is 4.21. The fourth-order valence-electron chi connectivity index (χ4n) is 2.35. The summed E-state index contributed by atoms with van der Waals surface area (Å²) in [5.74, 6) is -0.407. The highest BCUT2D eigenvalue weighted by Gasteiger charge is 2.36. The summed E-state index contributed by atoms with van der Waals surface area (Å²) >= 11 is 0. The first-order valence-electron chi connectivity index (χ1n) is 8.29. The van der Waals surface area contributed by atoms with E-state index in [4.69, 9.17) is 18.9 Å². The van der Waals surface area contributed by atoms with Gasteiger partial charge < -0.3 is 18.9 Å². The van der Waals surface area contributed by atoms with Crippen molar-refractivity contribution >= 4 is 12.0 Å². The van der Waals surface area contributed by atoms with Crippen LogP contribution in [-0.2, 0) is 18.9 Å². The smallest absolute Gasteiger partial charge is 0.340 e. The van der Waals surface area contributed by atoms with Gasteiger partial charge in [0.2, 0.25) is 6.29 Å². The Labute approximate surface area is 143 Å². The van der Waals surface area contributed by atoms with E-state index in [9.17, 15) is 4.79 Å². The molecule has 132 valence electrons. The van der Waals surface area contributed by atoms with E-state index in [1.165, 1.54) is 0 Å². The quantitative estimate of drug-likeness (QED) is 0.373. The Morgan fingerprint density at radius 3 is 2.58 bits per heavy atom. The maximum absolute atomic E-state index is 12.0. The molecule has 1 fully saturated rings. The zero-order chi connectivity index (χ0) is 17.4. The predicted octanol–water partition coefficient (Wildman–Crippen LogP) is 3.29. The first kappa shape index (κ1) is 18.6. The maximum atomic E-state index is 12.0. The molecule has 2 rings (SSSR count). The molecule has 1 aromatic carbocycles. The van der Waals surface area contributed by atoms with Crippen molar-refractivity contribution in [3.63, 3.8) is 0 Å². The molecule has 1 aromatic rings. The van der Waals surface area contributed by atoms with Crippen LogP contribution in [0.15, 0.2) is 30.8 Å². The SMILES string of the molecule is C=Cc1ccc(C(=O)OC(C)OCCOCC2(CC)COC2)cc1. The lowest BCUT2D eigenvalue weighted by atomic mass is 9.84. The zero-order valence-electron chi connectivity index (χ0n) is 14.5. The standard InChI is InChI=1S/C19H26O5/c1-4-16-6-8-17(9-7-16)18(20)24-15(3)23-11-10-21-12-19(5-2)13-22-14-19/h4,6-9,15H,1,5,10-14H2,2-3H3. The lowest BCUT2D eigenvalue weighted by Crippen LogP contribution is -2.45. The average molecular weight is 334 g/mol. The minimum Gasteiger partial charge on any atom is -0.432 e. The lowest BCUT2D eigenvalue weighted by molar-refractivity contribution is -0.159. The number of carbonyl (C=O) groups is 1. The number of hydrogen-bond acceptors (Lipinski definition) is 5. The van der Waals surface area contributed by atoms with Crippen LogP contribution in [0, 0.1) is 5.41 Å². The molecular formula is C19H26O5. The van der Waals surface area contributed by atoms with Crippen LogP contribution < -0.4 is 0 Å². The summed E-state index contributed by atoms with van der Waals surface area (Å²) in [5, 5.41) is 0. The summed E-state index contributed by atoms with van der Waals surface area (Å²) in [6.45, 7) is 10.6. The Bertz CT molecular complexity index is 528. The maximum Gasteiger partial charge on any atom is 0.340 e. The molecule has 0 saturated carbocycles. The average Bonchev–Trinajstić information content (AvgIpc) is 2.56. The topological polar surface area (TPSA) is 54.0 Å². The molecule has 1 saturated heterocycles. The van der Waals surface area contributed by atoms with Gasteiger partial charge in [-0.1, -0.05) is 31.7 Å². The highest BCUT2D eigenvalue weighted by molar-refractivity contribution is 5.89. The molecule has 0 amide bonds. The van der Waals surface area contributed by atoms with Gasteiger partial charge in [0.1, 0.15) is 0 Å². The molecule has 5 heteroatoms. The molecule has 5 nitrogen and oxygen atoms in total. The Morgan fingerprint density at radius 1 is 1.33 bits per heavy atom. The van der Waals surface area contributed by atoms with E-state index in [-0.39, 0.29) is 5.41 Å². The highest BCUT2D eigenvalue weighted by Crippen LogP contribution is 2.31. The summed E-state index contributed by atoms with van der Waals surface area (Å²) in [5.41, 5.74) is 1.62. The van der Waals surface area contributed by atoms with Gasteiger partial charge in [-0.15, -0.1) is 0 Å². The van der Waals surface area contributed by atoms with E-state index in [0.29, 0.717) is 25.4 Å². The molecule has 0 radical (unpaired) electrons. The highest BCUT2D eigenvalue weighted by atomic mass is 16.7. The second-order valence-corrected chi connectivity index (χ2v) is 6.07. The van der Waals surface area contributed by atoms with Gasteiger partial charge in [0, 0.05) is 5.41 Å². The van der Waals surface area contributed by atoms with Gasteiger partial charge in [-0.05, 0) is 31.0 Å². The van der Waals surface area contributed by atoms with Crippen LogP contribution >= 0.6 is 0 Å². The molecular weight excluding hydrogens is 308 g/mol. The molecule has 1 heterocycles. The van der Waals surface area contributed by atoms with Crippen molar-refractivity contribution in [1.29, 1.82) is 0 Å². The van der Waals surface area contributed by atoms with Crippen molar-refractivity contribution in [3.05, 3.63) is 42.0 Å². The zero-order valence-corrected chi connectivity index (χ0v) is 14.5. The molecule has 0 bridgehead atoms. The molecule has 1 atom stereocenters. The number of benzene rings is 1. The van der Waals surface area contributed by atoms with Crippen LogP contribution in [0.5, 0.6) is 0 Å². The van der Waals surface area contributed by atoms with Crippen LogP contribution in [0.2, 0.25) is 0 Å². The van der Waals surface area contributed by atoms with E-state index in [1.54, 1.807) is 25.1 Å². The minimum atomic E-state index is -0.618. The van der Waals surface area contributed by atoms with E-state index in [0.717, 1.165) is 25.2 Å². The van der Waals surface area contributed by atoms with E-state index < -0.39 is 12.3 Å². The monoisotopic (exact) mass is 334 g/mol. The van der Waals surface area contributed by atoms with Gasteiger partial charge in [0.25, 0.3) is 0 Å². The number of rotatable bonds is 10. The van der Waals surface area contributed by atoms with Crippen molar-refractivity contribution in [2.75, 3.05) is 33.0 Å². The first-order valence-corrected chi connectivity index (χ1v) is 8.29. The third-order valence-electron chi connectivity index (χ3n) is 4.21. The molecule has 1 unspecified atom stereocenters. The number of hydrogen-bond donors (Lipinski definition) is 0. The van der Waals surface area contributed by atoms with Crippen LogP contribution in [0.1, 0.15) is 36.2 Å². The molecule has 1 aliphatic heterocycles. The molecule has 0 spiro atoms. The fourth-order valence-corrected chi connectivity index (χ4v) is 2.35. The summed E-state index contributed by atoms with van der Waals surface area (Å²) in [4.78, 5) is 12.0. The molecule has 0 aromatic heterocycles. The second-order valence-electron chi connectivity index (χ2n) is 6.07. The lowest BCUT2D eigenvalue weighted by Gasteiger charge is -2.40. The largest absolute Gasteiger partial charge is 0.432 e. The molecule has 24 heavy (non-hydrogen) atoms. The Morgan fingerprint density at radius 2 is 2.04 bits per heavy atom. The van der Waals surface area contributed by atoms with Crippen molar-refractivity contribution in [2.45, 2.75) is 26.6 Å². The summed E-state index contributed by atoms with van der Waals surface area (Å²) < 4.78 is 21.6. The number of ether oxygens (including phenoxy) is 4. The summed E-state index contributed by atoms with van der Waals surface area (Å²) in [7, 11) is 0. The van der Waals surface area contributed by atoms with E-state index in [1.807, 2.05) is 12.1 Å². The molecule has 1 aliphatic rings. The van der Waals surface area contributed by atoms with E-state index in [2.05, 4.69) is 13.5 Å². The normalized spacial score (nSPS) is 16.9. The van der Waals surface area contributed by atoms with Crippen LogP contribution in [0.25, 0.3) is 6.08 Å². The van der Waals surface area contributed by atoms with Gasteiger partial charge in [0.05, 0.1) is 38.6 Å². The van der Waals surface area contributed by atoms with Gasteiger partial charge in [-0.25, -0.2) is 4.79 Å². The van der Waals surface area contributed by atoms with Gasteiger partial charge in [-0.3, -0.25) is 0 Å². The third kappa shape index (κ3) is 5.16. The van der Waals surface area contributed by atoms with Gasteiger partial charge in [0.15, 0.2) is 0 Å². The van der Waals surface area contributed by atoms with Crippen LogP contribution in [0.3, 0.4) is 0 Å². The molecule has 0 aliphatic carbocycles. The number of carbonyl (C=O) groups excluding carboxylic acids is 1. The van der Waals surface area contributed by atoms with Crippen molar-refractivity contribution < 1.29 is 23.7 Å². The Balaban J connectivity index is 1.62.